The second kappa shape index (κ2) is 11.6. The fraction of sp³-hybridized carbons (Fsp3) is 0.565. The summed E-state index contributed by atoms with van der Waals surface area (Å²) in [4.78, 5) is 9.12. The van der Waals surface area contributed by atoms with Gasteiger partial charge in [0.05, 0.1) is 12.2 Å². The number of ether oxygens (including phenoxy) is 1. The highest BCUT2D eigenvalue weighted by Gasteiger charge is 2.15. The smallest absolute Gasteiger partial charge is 0.194 e. The van der Waals surface area contributed by atoms with Crippen molar-refractivity contribution in [1.82, 2.24) is 24.9 Å². The summed E-state index contributed by atoms with van der Waals surface area (Å²) in [5, 5.41) is 8.02. The van der Waals surface area contributed by atoms with Crippen LogP contribution >= 0.6 is 0 Å². The van der Waals surface area contributed by atoms with Crippen molar-refractivity contribution >= 4 is 5.96 Å². The first-order valence-electron chi connectivity index (χ1n) is 10.7. The van der Waals surface area contributed by atoms with Crippen LogP contribution in [0, 0.1) is 0 Å². The maximum absolute atomic E-state index is 5.85. The summed E-state index contributed by atoms with van der Waals surface area (Å²) in [5.41, 5.74) is 3.50. The number of likely N-dealkylation sites (N-methyl/N-ethyl adjacent to an activating group) is 1. The van der Waals surface area contributed by atoms with E-state index in [1.807, 2.05) is 38.0 Å². The van der Waals surface area contributed by atoms with Gasteiger partial charge in [-0.2, -0.15) is 5.10 Å². The van der Waals surface area contributed by atoms with Gasteiger partial charge < -0.3 is 19.9 Å². The molecule has 166 valence electrons. The van der Waals surface area contributed by atoms with Gasteiger partial charge in [0.15, 0.2) is 5.96 Å². The van der Waals surface area contributed by atoms with Crippen LogP contribution < -0.4 is 10.1 Å². The number of nitrogens with zero attached hydrogens (tertiary/aromatic N) is 5. The predicted molar refractivity (Wildman–Crippen MR) is 124 cm³/mol. The van der Waals surface area contributed by atoms with Crippen LogP contribution in [-0.2, 0) is 20.1 Å². The fourth-order valence-electron chi connectivity index (χ4n) is 3.21. The van der Waals surface area contributed by atoms with Gasteiger partial charge in [-0.25, -0.2) is 4.99 Å². The number of aryl methyl sites for hydroxylation is 1. The number of guanidine groups is 1. The van der Waals surface area contributed by atoms with Gasteiger partial charge in [0, 0.05) is 45.5 Å². The summed E-state index contributed by atoms with van der Waals surface area (Å²) >= 11 is 0. The van der Waals surface area contributed by atoms with Crippen molar-refractivity contribution in [3.8, 4) is 5.75 Å². The molecule has 0 fully saturated rings. The molecule has 2 aromatic rings. The van der Waals surface area contributed by atoms with Crippen LogP contribution in [0.15, 0.2) is 35.5 Å². The van der Waals surface area contributed by atoms with E-state index in [1.54, 1.807) is 0 Å². The van der Waals surface area contributed by atoms with Gasteiger partial charge in [-0.3, -0.25) is 4.68 Å². The van der Waals surface area contributed by atoms with E-state index in [0.717, 1.165) is 42.6 Å². The second-order valence-corrected chi connectivity index (χ2v) is 8.19. The Morgan fingerprint density at radius 3 is 2.70 bits per heavy atom. The molecular weight excluding hydrogens is 376 g/mol. The van der Waals surface area contributed by atoms with Gasteiger partial charge in [-0.15, -0.1) is 0 Å². The Bertz CT molecular complexity index is 812. The molecule has 7 heteroatoms. The van der Waals surface area contributed by atoms with E-state index >= 15 is 0 Å². The van der Waals surface area contributed by atoms with Crippen molar-refractivity contribution in [2.24, 2.45) is 12.0 Å². The summed E-state index contributed by atoms with van der Waals surface area (Å²) in [7, 11) is 8.13. The standard InChI is InChI=1S/C23H38N6O/c1-8-24-23(28(6)16-20-17-29(7)26-22(20)18(2)3)25-15-19-10-9-11-21(14-19)30-13-12-27(4)5/h9-11,14,17-18H,8,12-13,15-16H2,1-7H3,(H,24,25). The molecule has 2 rings (SSSR count). The predicted octanol–water partition coefficient (Wildman–Crippen LogP) is 3.08. The molecule has 0 amide bonds. The zero-order valence-electron chi connectivity index (χ0n) is 19.6. The number of nitrogens with one attached hydrogen (secondary N) is 1. The highest BCUT2D eigenvalue weighted by atomic mass is 16.5. The Morgan fingerprint density at radius 2 is 2.03 bits per heavy atom. The normalized spacial score (nSPS) is 12.0. The van der Waals surface area contributed by atoms with E-state index in [9.17, 15) is 0 Å². The van der Waals surface area contributed by atoms with Gasteiger partial charge in [0.2, 0.25) is 0 Å². The molecule has 30 heavy (non-hydrogen) atoms. The monoisotopic (exact) mass is 414 g/mol. The van der Waals surface area contributed by atoms with E-state index in [2.05, 4.69) is 66.4 Å². The molecule has 0 aliphatic carbocycles. The molecule has 0 saturated heterocycles. The highest BCUT2D eigenvalue weighted by molar-refractivity contribution is 5.79. The number of aromatic nitrogens is 2. The lowest BCUT2D eigenvalue weighted by Gasteiger charge is -2.22. The Hall–Kier alpha value is -2.54. The van der Waals surface area contributed by atoms with Crippen LogP contribution in [0.4, 0.5) is 0 Å². The summed E-state index contributed by atoms with van der Waals surface area (Å²) in [6, 6.07) is 8.18. The highest BCUT2D eigenvalue weighted by Crippen LogP contribution is 2.19. The largest absolute Gasteiger partial charge is 0.492 e. The average Bonchev–Trinajstić information content (AvgIpc) is 3.05. The molecule has 1 N–H and O–H groups in total. The Morgan fingerprint density at radius 1 is 1.27 bits per heavy atom. The number of benzene rings is 1. The number of aliphatic imine (C=N–C) groups is 1. The van der Waals surface area contributed by atoms with Crippen LogP contribution in [0.2, 0.25) is 0 Å². The first-order valence-corrected chi connectivity index (χ1v) is 10.7. The van der Waals surface area contributed by atoms with Crippen molar-refractivity contribution in [2.75, 3.05) is 40.8 Å². The van der Waals surface area contributed by atoms with Crippen molar-refractivity contribution in [3.63, 3.8) is 0 Å². The van der Waals surface area contributed by atoms with Crippen LogP contribution in [0.5, 0.6) is 5.75 Å². The summed E-state index contributed by atoms with van der Waals surface area (Å²) in [6.45, 7) is 10.2. The summed E-state index contributed by atoms with van der Waals surface area (Å²) < 4.78 is 7.74. The molecule has 0 spiro atoms. The minimum atomic E-state index is 0.393. The topological polar surface area (TPSA) is 57.9 Å². The third kappa shape index (κ3) is 7.37. The zero-order valence-corrected chi connectivity index (χ0v) is 19.6. The number of rotatable bonds is 10. The van der Waals surface area contributed by atoms with E-state index in [-0.39, 0.29) is 0 Å². The van der Waals surface area contributed by atoms with E-state index in [0.29, 0.717) is 19.1 Å². The van der Waals surface area contributed by atoms with Crippen LogP contribution in [-0.4, -0.2) is 66.4 Å². The molecule has 1 aromatic carbocycles. The van der Waals surface area contributed by atoms with E-state index in [4.69, 9.17) is 9.73 Å². The molecule has 0 aliphatic heterocycles. The summed E-state index contributed by atoms with van der Waals surface area (Å²) in [5.74, 6) is 2.17. The first kappa shape index (κ1) is 23.7. The van der Waals surface area contributed by atoms with Gasteiger partial charge in [-0.1, -0.05) is 26.0 Å². The quantitative estimate of drug-likeness (QED) is 0.478. The first-order chi connectivity index (χ1) is 14.3. The Kier molecular flexibility index (Phi) is 9.17. The molecule has 0 bridgehead atoms. The van der Waals surface area contributed by atoms with Crippen LogP contribution in [0.25, 0.3) is 0 Å². The van der Waals surface area contributed by atoms with Gasteiger partial charge in [0.25, 0.3) is 0 Å². The maximum Gasteiger partial charge on any atom is 0.194 e. The molecule has 0 atom stereocenters. The lowest BCUT2D eigenvalue weighted by atomic mass is 10.1. The van der Waals surface area contributed by atoms with E-state index in [1.165, 1.54) is 5.56 Å². The average molecular weight is 415 g/mol. The van der Waals surface area contributed by atoms with E-state index < -0.39 is 0 Å². The number of hydrogen-bond acceptors (Lipinski definition) is 4. The van der Waals surface area contributed by atoms with Crippen LogP contribution in [0.3, 0.4) is 0 Å². The molecule has 7 nitrogen and oxygen atoms in total. The third-order valence-corrected chi connectivity index (χ3v) is 4.71. The number of hydrogen-bond donors (Lipinski definition) is 1. The summed E-state index contributed by atoms with van der Waals surface area (Å²) in [6.07, 6.45) is 2.10. The van der Waals surface area contributed by atoms with Crippen LogP contribution in [0.1, 0.15) is 43.5 Å². The van der Waals surface area contributed by atoms with Gasteiger partial charge in [0.1, 0.15) is 12.4 Å². The van der Waals surface area contributed by atoms with Crippen molar-refractivity contribution in [3.05, 3.63) is 47.3 Å². The maximum atomic E-state index is 5.85. The van der Waals surface area contributed by atoms with Crippen molar-refractivity contribution < 1.29 is 4.74 Å². The molecule has 0 saturated carbocycles. The molecule has 1 heterocycles. The molecule has 1 aromatic heterocycles. The SMILES string of the molecule is CCNC(=NCc1cccc(OCCN(C)C)c1)N(C)Cc1cn(C)nc1C(C)C. The fourth-order valence-corrected chi connectivity index (χ4v) is 3.21. The molecule has 0 aliphatic rings. The molecule has 0 unspecified atom stereocenters. The third-order valence-electron chi connectivity index (χ3n) is 4.71. The zero-order chi connectivity index (χ0) is 22.1. The second-order valence-electron chi connectivity index (χ2n) is 8.19. The van der Waals surface area contributed by atoms with Gasteiger partial charge in [-0.05, 0) is 44.6 Å². The molecule has 0 radical (unpaired) electrons. The van der Waals surface area contributed by atoms with Crippen molar-refractivity contribution in [2.45, 2.75) is 39.8 Å². The minimum Gasteiger partial charge on any atom is -0.492 e. The van der Waals surface area contributed by atoms with Crippen molar-refractivity contribution in [1.29, 1.82) is 0 Å². The lowest BCUT2D eigenvalue weighted by molar-refractivity contribution is 0.261. The lowest BCUT2D eigenvalue weighted by Crippen LogP contribution is -2.38. The Labute approximate surface area is 181 Å². The Balaban J connectivity index is 2.07. The van der Waals surface area contributed by atoms with Gasteiger partial charge >= 0.3 is 0 Å². The minimum absolute atomic E-state index is 0.393. The molecular formula is C23H38N6O.